The average Bonchev–Trinajstić information content (AvgIpc) is 2.09. The molecule has 0 spiro atoms. The van der Waals surface area contributed by atoms with Gasteiger partial charge in [0, 0.05) is 6.04 Å². The molecule has 0 aliphatic carbocycles. The van der Waals surface area contributed by atoms with Crippen molar-refractivity contribution in [3.63, 3.8) is 0 Å². The highest BCUT2D eigenvalue weighted by Gasteiger charge is 2.22. The number of amides is 1. The predicted octanol–water partition coefficient (Wildman–Crippen LogP) is 0.210. The molecule has 0 saturated heterocycles. The van der Waals surface area contributed by atoms with Gasteiger partial charge in [-0.2, -0.15) is 0 Å². The van der Waals surface area contributed by atoms with Crippen LogP contribution in [0.3, 0.4) is 0 Å². The maximum Gasteiger partial charge on any atom is 0.326 e. The lowest BCUT2D eigenvalue weighted by atomic mass is 10.1. The van der Waals surface area contributed by atoms with Gasteiger partial charge in [-0.25, -0.2) is 4.79 Å². The van der Waals surface area contributed by atoms with E-state index in [1.165, 1.54) is 0 Å². The number of carbonyl (C=O) groups excluding carboxylic acids is 1. The number of carboxylic acids is 1. The Kier molecular flexibility index (Phi) is 5.93. The molecule has 3 N–H and O–H groups in total. The summed E-state index contributed by atoms with van der Waals surface area (Å²) in [6.45, 7) is 7.51. The highest BCUT2D eigenvalue weighted by atomic mass is 16.4. The van der Waals surface area contributed by atoms with Crippen LogP contribution >= 0.6 is 0 Å². The largest absolute Gasteiger partial charge is 0.480 e. The minimum absolute atomic E-state index is 0.120. The van der Waals surface area contributed by atoms with Gasteiger partial charge in [0.25, 0.3) is 0 Å². The smallest absolute Gasteiger partial charge is 0.326 e. The van der Waals surface area contributed by atoms with Crippen molar-refractivity contribution in [1.82, 2.24) is 10.6 Å². The van der Waals surface area contributed by atoms with Gasteiger partial charge in [-0.15, -0.1) is 0 Å². The van der Waals surface area contributed by atoms with Crippen LogP contribution in [0.4, 0.5) is 0 Å². The van der Waals surface area contributed by atoms with Gasteiger partial charge in [-0.05, 0) is 5.92 Å². The first-order valence-corrected chi connectivity index (χ1v) is 5.10. The van der Waals surface area contributed by atoms with Crippen LogP contribution in [0, 0.1) is 5.92 Å². The molecule has 0 fully saturated rings. The SMILES string of the molecule is CC(C)NCC(=O)NC(C(=O)O)C(C)C. The summed E-state index contributed by atoms with van der Waals surface area (Å²) in [6, 6.07) is -0.607. The van der Waals surface area contributed by atoms with Crippen molar-refractivity contribution < 1.29 is 14.7 Å². The number of rotatable bonds is 6. The first-order chi connectivity index (χ1) is 6.84. The third-order valence-corrected chi connectivity index (χ3v) is 1.92. The Morgan fingerprint density at radius 2 is 1.73 bits per heavy atom. The molecule has 1 unspecified atom stereocenters. The molecule has 5 nitrogen and oxygen atoms in total. The summed E-state index contributed by atoms with van der Waals surface area (Å²) in [4.78, 5) is 22.1. The lowest BCUT2D eigenvalue weighted by molar-refractivity contribution is -0.143. The van der Waals surface area contributed by atoms with Gasteiger partial charge in [-0.3, -0.25) is 4.79 Å². The van der Waals surface area contributed by atoms with Crippen LogP contribution in [-0.2, 0) is 9.59 Å². The normalized spacial score (nSPS) is 12.9. The molecule has 0 bridgehead atoms. The van der Waals surface area contributed by atoms with Crippen LogP contribution < -0.4 is 10.6 Å². The number of hydrogen-bond acceptors (Lipinski definition) is 3. The molecule has 0 aromatic heterocycles. The Labute approximate surface area is 90.2 Å². The molecule has 1 atom stereocenters. The van der Waals surface area contributed by atoms with E-state index in [9.17, 15) is 9.59 Å². The quantitative estimate of drug-likeness (QED) is 0.593. The molecule has 0 heterocycles. The second kappa shape index (κ2) is 6.40. The zero-order chi connectivity index (χ0) is 12.0. The Hall–Kier alpha value is -1.10. The van der Waals surface area contributed by atoms with Crippen LogP contribution in [0.5, 0.6) is 0 Å². The fourth-order valence-corrected chi connectivity index (χ4v) is 1.03. The van der Waals surface area contributed by atoms with Crippen molar-refractivity contribution >= 4 is 11.9 Å². The van der Waals surface area contributed by atoms with Crippen molar-refractivity contribution in [3.8, 4) is 0 Å². The molecule has 1 amide bonds. The van der Waals surface area contributed by atoms with E-state index in [0.29, 0.717) is 0 Å². The Morgan fingerprint density at radius 3 is 2.07 bits per heavy atom. The van der Waals surface area contributed by atoms with Crippen LogP contribution in [0.2, 0.25) is 0 Å². The molecule has 0 rings (SSSR count). The zero-order valence-electron chi connectivity index (χ0n) is 9.70. The molecular weight excluding hydrogens is 196 g/mol. The molecule has 0 aliphatic rings. The third-order valence-electron chi connectivity index (χ3n) is 1.92. The number of carboxylic acid groups (broad SMARTS) is 1. The Morgan fingerprint density at radius 1 is 1.20 bits per heavy atom. The second-order valence-electron chi connectivity index (χ2n) is 4.16. The minimum Gasteiger partial charge on any atom is -0.480 e. The van der Waals surface area contributed by atoms with Crippen molar-refractivity contribution in [1.29, 1.82) is 0 Å². The fourth-order valence-electron chi connectivity index (χ4n) is 1.03. The summed E-state index contributed by atoms with van der Waals surface area (Å²) in [5.41, 5.74) is 0. The molecule has 5 heteroatoms. The summed E-state index contributed by atoms with van der Waals surface area (Å²) >= 11 is 0. The number of carbonyl (C=O) groups is 2. The average molecular weight is 216 g/mol. The van der Waals surface area contributed by atoms with Gasteiger partial charge >= 0.3 is 5.97 Å². The molecule has 88 valence electrons. The number of hydrogen-bond donors (Lipinski definition) is 3. The highest BCUT2D eigenvalue weighted by Crippen LogP contribution is 2.01. The van der Waals surface area contributed by atoms with Gasteiger partial charge < -0.3 is 15.7 Å². The van der Waals surface area contributed by atoms with Gasteiger partial charge in [0.15, 0.2) is 0 Å². The molecule has 0 aliphatic heterocycles. The van der Waals surface area contributed by atoms with Gasteiger partial charge in [0.1, 0.15) is 6.04 Å². The first-order valence-electron chi connectivity index (χ1n) is 5.10. The monoisotopic (exact) mass is 216 g/mol. The standard InChI is InChI=1S/C10H20N2O3/c1-6(2)9(10(14)15)12-8(13)5-11-7(3)4/h6-7,9,11H,5H2,1-4H3,(H,12,13)(H,14,15). The minimum atomic E-state index is -0.997. The molecule has 0 saturated carbocycles. The third kappa shape index (κ3) is 6.06. The maximum atomic E-state index is 11.3. The molecule has 0 aromatic rings. The van der Waals surface area contributed by atoms with E-state index in [-0.39, 0.29) is 24.4 Å². The zero-order valence-corrected chi connectivity index (χ0v) is 9.70. The summed E-state index contributed by atoms with van der Waals surface area (Å²) < 4.78 is 0. The van der Waals surface area contributed by atoms with E-state index in [1.807, 2.05) is 13.8 Å². The van der Waals surface area contributed by atoms with Crippen LogP contribution in [-0.4, -0.2) is 35.6 Å². The van der Waals surface area contributed by atoms with Gasteiger partial charge in [0.2, 0.25) is 5.91 Å². The van der Waals surface area contributed by atoms with Crippen LogP contribution in [0.15, 0.2) is 0 Å². The Bertz CT molecular complexity index is 227. The van der Waals surface area contributed by atoms with E-state index in [0.717, 1.165) is 0 Å². The van der Waals surface area contributed by atoms with Crippen molar-refractivity contribution in [3.05, 3.63) is 0 Å². The van der Waals surface area contributed by atoms with Crippen molar-refractivity contribution in [2.24, 2.45) is 5.92 Å². The van der Waals surface area contributed by atoms with E-state index < -0.39 is 12.0 Å². The molecule has 0 aromatic carbocycles. The van der Waals surface area contributed by atoms with Crippen molar-refractivity contribution in [2.75, 3.05) is 6.54 Å². The molecule has 0 radical (unpaired) electrons. The lowest BCUT2D eigenvalue weighted by Gasteiger charge is -2.18. The van der Waals surface area contributed by atoms with Crippen LogP contribution in [0.25, 0.3) is 0 Å². The maximum absolute atomic E-state index is 11.3. The summed E-state index contributed by atoms with van der Waals surface area (Å²) in [5.74, 6) is -1.40. The van der Waals surface area contributed by atoms with E-state index in [1.54, 1.807) is 13.8 Å². The fraction of sp³-hybridized carbons (Fsp3) is 0.800. The highest BCUT2D eigenvalue weighted by molar-refractivity contribution is 5.84. The first kappa shape index (κ1) is 13.9. The number of aliphatic carboxylic acids is 1. The summed E-state index contributed by atoms with van der Waals surface area (Å²) in [6.07, 6.45) is 0. The summed E-state index contributed by atoms with van der Waals surface area (Å²) in [5, 5.41) is 14.2. The number of nitrogens with one attached hydrogen (secondary N) is 2. The van der Waals surface area contributed by atoms with E-state index in [2.05, 4.69) is 10.6 Å². The lowest BCUT2D eigenvalue weighted by Crippen LogP contribution is -2.48. The van der Waals surface area contributed by atoms with Gasteiger partial charge in [-0.1, -0.05) is 27.7 Å². The summed E-state index contributed by atoms with van der Waals surface area (Å²) in [7, 11) is 0. The Balaban J connectivity index is 4.07. The van der Waals surface area contributed by atoms with E-state index in [4.69, 9.17) is 5.11 Å². The predicted molar refractivity (Wildman–Crippen MR) is 57.5 cm³/mol. The van der Waals surface area contributed by atoms with E-state index >= 15 is 0 Å². The molecule has 15 heavy (non-hydrogen) atoms. The van der Waals surface area contributed by atoms with Crippen LogP contribution in [0.1, 0.15) is 27.7 Å². The molecular formula is C10H20N2O3. The van der Waals surface area contributed by atoms with Gasteiger partial charge in [0.05, 0.1) is 6.54 Å². The topological polar surface area (TPSA) is 78.4 Å². The second-order valence-corrected chi connectivity index (χ2v) is 4.16. The van der Waals surface area contributed by atoms with Crippen molar-refractivity contribution in [2.45, 2.75) is 39.8 Å².